The maximum absolute atomic E-state index is 5.77. The van der Waals surface area contributed by atoms with Gasteiger partial charge < -0.3 is 15.2 Å². The summed E-state index contributed by atoms with van der Waals surface area (Å²) in [5.41, 5.74) is 7.68. The first-order valence-electron chi connectivity index (χ1n) is 6.38. The van der Waals surface area contributed by atoms with Crippen LogP contribution in [0.5, 0.6) is 5.75 Å². The third-order valence-corrected chi connectivity index (χ3v) is 3.42. The second-order valence-corrected chi connectivity index (χ2v) is 4.99. The summed E-state index contributed by atoms with van der Waals surface area (Å²) in [5.74, 6) is 0.862. The summed E-state index contributed by atoms with van der Waals surface area (Å²) in [6.07, 6.45) is 0.293. The van der Waals surface area contributed by atoms with Crippen molar-refractivity contribution in [1.29, 1.82) is 0 Å². The van der Waals surface area contributed by atoms with E-state index in [-0.39, 0.29) is 0 Å². The molecular formula is C14H22N2O2. The fourth-order valence-electron chi connectivity index (χ4n) is 2.30. The molecule has 0 radical (unpaired) electrons. The summed E-state index contributed by atoms with van der Waals surface area (Å²) in [6, 6.07) is 6.28. The molecule has 0 bridgehead atoms. The first-order chi connectivity index (χ1) is 8.60. The highest BCUT2D eigenvalue weighted by atomic mass is 16.5. The van der Waals surface area contributed by atoms with Crippen molar-refractivity contribution in [3.8, 4) is 5.75 Å². The third kappa shape index (κ3) is 2.94. The average molecular weight is 250 g/mol. The predicted molar refractivity (Wildman–Crippen MR) is 72.7 cm³/mol. The Balaban J connectivity index is 2.12. The molecule has 1 aliphatic heterocycles. The molecule has 1 aromatic carbocycles. The maximum atomic E-state index is 5.77. The molecule has 4 heteroatoms. The number of hydrogen-bond donors (Lipinski definition) is 1. The van der Waals surface area contributed by atoms with E-state index in [1.807, 2.05) is 18.2 Å². The van der Waals surface area contributed by atoms with Crippen molar-refractivity contribution in [1.82, 2.24) is 4.90 Å². The first kappa shape index (κ1) is 13.2. The monoisotopic (exact) mass is 250 g/mol. The number of ether oxygens (including phenoxy) is 2. The number of benzene rings is 1. The van der Waals surface area contributed by atoms with Crippen LogP contribution in [0.15, 0.2) is 18.2 Å². The SMILES string of the molecule is COc1cc(N)ccc1CN1CC(C)OCC1C. The third-order valence-electron chi connectivity index (χ3n) is 3.42. The van der Waals surface area contributed by atoms with Gasteiger partial charge in [0.25, 0.3) is 0 Å². The Labute approximate surface area is 109 Å². The predicted octanol–water partition coefficient (Wildman–Crippen LogP) is 1.89. The molecule has 0 spiro atoms. The summed E-state index contributed by atoms with van der Waals surface area (Å²) in [4.78, 5) is 2.42. The lowest BCUT2D eigenvalue weighted by atomic mass is 10.1. The number of hydrogen-bond acceptors (Lipinski definition) is 4. The van der Waals surface area contributed by atoms with Crippen molar-refractivity contribution in [2.75, 3.05) is 26.0 Å². The number of nitrogens with zero attached hydrogens (tertiary/aromatic N) is 1. The molecule has 1 saturated heterocycles. The minimum Gasteiger partial charge on any atom is -0.496 e. The second kappa shape index (κ2) is 5.59. The Morgan fingerprint density at radius 3 is 2.94 bits per heavy atom. The van der Waals surface area contributed by atoms with Gasteiger partial charge in [0.2, 0.25) is 0 Å². The van der Waals surface area contributed by atoms with Gasteiger partial charge in [-0.2, -0.15) is 0 Å². The van der Waals surface area contributed by atoms with Gasteiger partial charge in [0.05, 0.1) is 19.8 Å². The van der Waals surface area contributed by atoms with E-state index >= 15 is 0 Å². The zero-order chi connectivity index (χ0) is 13.1. The average Bonchev–Trinajstić information content (AvgIpc) is 2.36. The minimum atomic E-state index is 0.293. The topological polar surface area (TPSA) is 47.7 Å². The second-order valence-electron chi connectivity index (χ2n) is 4.99. The van der Waals surface area contributed by atoms with Gasteiger partial charge in [-0.1, -0.05) is 6.07 Å². The summed E-state index contributed by atoms with van der Waals surface area (Å²) >= 11 is 0. The van der Waals surface area contributed by atoms with Crippen LogP contribution in [0.4, 0.5) is 5.69 Å². The van der Waals surface area contributed by atoms with E-state index < -0.39 is 0 Å². The van der Waals surface area contributed by atoms with Gasteiger partial charge in [-0.25, -0.2) is 0 Å². The van der Waals surface area contributed by atoms with E-state index in [1.54, 1.807) is 7.11 Å². The summed E-state index contributed by atoms with van der Waals surface area (Å²) in [6.45, 7) is 6.92. The fraction of sp³-hybridized carbons (Fsp3) is 0.571. The minimum absolute atomic E-state index is 0.293. The van der Waals surface area contributed by atoms with Crippen molar-refractivity contribution in [2.24, 2.45) is 0 Å². The first-order valence-corrected chi connectivity index (χ1v) is 6.38. The van der Waals surface area contributed by atoms with Crippen LogP contribution in [-0.2, 0) is 11.3 Å². The molecule has 2 rings (SSSR count). The molecule has 1 fully saturated rings. The van der Waals surface area contributed by atoms with Gasteiger partial charge in [-0.15, -0.1) is 0 Å². The largest absolute Gasteiger partial charge is 0.496 e. The number of rotatable bonds is 3. The molecule has 0 aliphatic carbocycles. The van der Waals surface area contributed by atoms with Crippen LogP contribution in [0, 0.1) is 0 Å². The number of anilines is 1. The van der Waals surface area contributed by atoms with E-state index in [4.69, 9.17) is 15.2 Å². The van der Waals surface area contributed by atoms with Crippen LogP contribution in [0.3, 0.4) is 0 Å². The molecule has 2 N–H and O–H groups in total. The molecule has 1 heterocycles. The Kier molecular flexibility index (Phi) is 4.09. The van der Waals surface area contributed by atoms with Gasteiger partial charge in [0, 0.05) is 36.4 Å². The van der Waals surface area contributed by atoms with Crippen LogP contribution < -0.4 is 10.5 Å². The summed E-state index contributed by atoms with van der Waals surface area (Å²) in [5, 5.41) is 0. The van der Waals surface area contributed by atoms with Crippen molar-refractivity contribution in [3.63, 3.8) is 0 Å². The molecule has 100 valence electrons. The van der Waals surface area contributed by atoms with Crippen molar-refractivity contribution >= 4 is 5.69 Å². The van der Waals surface area contributed by atoms with Gasteiger partial charge in [-0.3, -0.25) is 4.90 Å². The smallest absolute Gasteiger partial charge is 0.125 e. The van der Waals surface area contributed by atoms with E-state index in [9.17, 15) is 0 Å². The molecule has 18 heavy (non-hydrogen) atoms. The molecule has 0 aromatic heterocycles. The molecule has 2 atom stereocenters. The molecule has 0 amide bonds. The zero-order valence-electron chi connectivity index (χ0n) is 11.3. The molecule has 1 aliphatic rings. The lowest BCUT2D eigenvalue weighted by Gasteiger charge is -2.37. The standard InChI is InChI=1S/C14H22N2O2/c1-10-9-18-11(2)7-16(10)8-12-4-5-13(15)6-14(12)17-3/h4-6,10-11H,7-9,15H2,1-3H3. The molecule has 2 unspecified atom stereocenters. The van der Waals surface area contributed by atoms with Crippen molar-refractivity contribution < 1.29 is 9.47 Å². The Hall–Kier alpha value is -1.26. The van der Waals surface area contributed by atoms with E-state index in [0.717, 1.165) is 31.1 Å². The van der Waals surface area contributed by atoms with E-state index in [2.05, 4.69) is 18.7 Å². The van der Waals surface area contributed by atoms with Crippen molar-refractivity contribution in [3.05, 3.63) is 23.8 Å². The fourth-order valence-corrected chi connectivity index (χ4v) is 2.30. The molecular weight excluding hydrogens is 228 g/mol. The van der Waals surface area contributed by atoms with Crippen LogP contribution >= 0.6 is 0 Å². The Morgan fingerprint density at radius 1 is 1.44 bits per heavy atom. The van der Waals surface area contributed by atoms with Crippen LogP contribution in [-0.4, -0.2) is 37.3 Å². The number of methoxy groups -OCH3 is 1. The van der Waals surface area contributed by atoms with E-state index in [1.165, 1.54) is 5.56 Å². The lowest BCUT2D eigenvalue weighted by Crippen LogP contribution is -2.46. The quantitative estimate of drug-likeness (QED) is 0.832. The molecule has 1 aromatic rings. The summed E-state index contributed by atoms with van der Waals surface area (Å²) in [7, 11) is 1.68. The number of nitrogen functional groups attached to an aromatic ring is 1. The van der Waals surface area contributed by atoms with Crippen LogP contribution in [0.2, 0.25) is 0 Å². The van der Waals surface area contributed by atoms with E-state index in [0.29, 0.717) is 12.1 Å². The number of nitrogens with two attached hydrogens (primary N) is 1. The van der Waals surface area contributed by atoms with Crippen molar-refractivity contribution in [2.45, 2.75) is 32.5 Å². The molecule has 0 saturated carbocycles. The zero-order valence-corrected chi connectivity index (χ0v) is 11.3. The van der Waals surface area contributed by atoms with Gasteiger partial charge in [0.15, 0.2) is 0 Å². The summed E-state index contributed by atoms with van der Waals surface area (Å²) < 4.78 is 11.0. The highest BCUT2D eigenvalue weighted by Crippen LogP contribution is 2.25. The highest BCUT2D eigenvalue weighted by molar-refractivity contribution is 5.48. The Bertz CT molecular complexity index is 409. The van der Waals surface area contributed by atoms with Crippen LogP contribution in [0.25, 0.3) is 0 Å². The lowest BCUT2D eigenvalue weighted by molar-refractivity contribution is -0.0528. The Morgan fingerprint density at radius 2 is 2.22 bits per heavy atom. The molecule has 4 nitrogen and oxygen atoms in total. The maximum Gasteiger partial charge on any atom is 0.125 e. The normalized spacial score (nSPS) is 25.1. The number of morpholine rings is 1. The van der Waals surface area contributed by atoms with Gasteiger partial charge >= 0.3 is 0 Å². The van der Waals surface area contributed by atoms with Gasteiger partial charge in [-0.05, 0) is 19.9 Å². The van der Waals surface area contributed by atoms with Gasteiger partial charge in [0.1, 0.15) is 5.75 Å². The van der Waals surface area contributed by atoms with Crippen LogP contribution in [0.1, 0.15) is 19.4 Å². The highest BCUT2D eigenvalue weighted by Gasteiger charge is 2.24.